The SMILES string of the molecule is CCNC(=NCC(O)c1ccc(OC(F)F)cc1)NCCc1csc(C)n1. The number of thiazole rings is 1. The number of aliphatic hydroxyl groups excluding tert-OH is 1. The van der Waals surface area contributed by atoms with E-state index in [0.717, 1.165) is 17.1 Å². The number of alkyl halides is 2. The number of halogens is 2. The highest BCUT2D eigenvalue weighted by Crippen LogP contribution is 2.19. The maximum atomic E-state index is 12.2. The molecule has 0 fully saturated rings. The molecule has 1 heterocycles. The van der Waals surface area contributed by atoms with Crippen LogP contribution in [0, 0.1) is 6.92 Å². The van der Waals surface area contributed by atoms with Gasteiger partial charge in [-0.25, -0.2) is 4.98 Å². The van der Waals surface area contributed by atoms with E-state index in [0.29, 0.717) is 24.6 Å². The van der Waals surface area contributed by atoms with Gasteiger partial charge in [0.15, 0.2) is 5.96 Å². The smallest absolute Gasteiger partial charge is 0.387 e. The molecule has 1 unspecified atom stereocenters. The molecular weight excluding hydrogens is 374 g/mol. The molecule has 2 aromatic rings. The van der Waals surface area contributed by atoms with Crippen molar-refractivity contribution in [1.29, 1.82) is 0 Å². The highest BCUT2D eigenvalue weighted by atomic mass is 32.1. The summed E-state index contributed by atoms with van der Waals surface area (Å²) in [5.41, 5.74) is 1.61. The summed E-state index contributed by atoms with van der Waals surface area (Å²) in [6.07, 6.45) is -0.0645. The van der Waals surface area contributed by atoms with E-state index in [4.69, 9.17) is 0 Å². The van der Waals surface area contributed by atoms with Crippen molar-refractivity contribution in [1.82, 2.24) is 15.6 Å². The molecule has 0 radical (unpaired) electrons. The minimum absolute atomic E-state index is 0.0525. The molecule has 3 N–H and O–H groups in total. The second-order valence-electron chi connectivity index (χ2n) is 5.72. The van der Waals surface area contributed by atoms with E-state index in [1.807, 2.05) is 19.2 Å². The monoisotopic (exact) mass is 398 g/mol. The van der Waals surface area contributed by atoms with Crippen molar-refractivity contribution in [2.45, 2.75) is 33.0 Å². The Labute approximate surface area is 161 Å². The summed E-state index contributed by atoms with van der Waals surface area (Å²) in [4.78, 5) is 8.79. The van der Waals surface area contributed by atoms with Gasteiger partial charge in [-0.3, -0.25) is 4.99 Å². The summed E-state index contributed by atoms with van der Waals surface area (Å²) in [7, 11) is 0. The number of aliphatic hydroxyl groups is 1. The molecule has 6 nitrogen and oxygen atoms in total. The highest BCUT2D eigenvalue weighted by molar-refractivity contribution is 7.09. The molecule has 0 saturated heterocycles. The molecule has 148 valence electrons. The van der Waals surface area contributed by atoms with Gasteiger partial charge in [-0.05, 0) is 31.5 Å². The fourth-order valence-corrected chi connectivity index (χ4v) is 2.98. The number of guanidine groups is 1. The Kier molecular flexibility index (Phi) is 8.41. The molecule has 0 amide bonds. The summed E-state index contributed by atoms with van der Waals surface area (Å²) in [6.45, 7) is 2.56. The zero-order chi connectivity index (χ0) is 19.6. The molecule has 0 saturated carbocycles. The van der Waals surface area contributed by atoms with E-state index < -0.39 is 12.7 Å². The summed E-state index contributed by atoms with van der Waals surface area (Å²) in [5.74, 6) is 0.651. The number of aryl methyl sites for hydroxylation is 1. The van der Waals surface area contributed by atoms with Gasteiger partial charge in [-0.15, -0.1) is 11.3 Å². The number of rotatable bonds is 9. The molecule has 0 aliphatic heterocycles. The second kappa shape index (κ2) is 10.8. The third-order valence-electron chi connectivity index (χ3n) is 3.60. The van der Waals surface area contributed by atoms with Crippen molar-refractivity contribution in [2.24, 2.45) is 4.99 Å². The van der Waals surface area contributed by atoms with Crippen molar-refractivity contribution < 1.29 is 18.6 Å². The first-order chi connectivity index (χ1) is 13.0. The standard InChI is InChI=1S/C18H24F2N4O2S/c1-3-21-18(22-9-8-14-11-27-12(2)24-14)23-10-16(25)13-4-6-15(7-5-13)26-17(19)20/h4-7,11,16-17,25H,3,8-10H2,1-2H3,(H2,21,22,23). The van der Waals surface area contributed by atoms with Gasteiger partial charge in [-0.1, -0.05) is 12.1 Å². The van der Waals surface area contributed by atoms with Crippen LogP contribution in [-0.4, -0.2) is 42.3 Å². The summed E-state index contributed by atoms with van der Waals surface area (Å²) < 4.78 is 28.6. The second-order valence-corrected chi connectivity index (χ2v) is 6.78. The maximum Gasteiger partial charge on any atom is 0.387 e. The van der Waals surface area contributed by atoms with Crippen LogP contribution in [0.15, 0.2) is 34.6 Å². The fraction of sp³-hybridized carbons (Fsp3) is 0.444. The molecule has 0 bridgehead atoms. The quantitative estimate of drug-likeness (QED) is 0.447. The van der Waals surface area contributed by atoms with Gasteiger partial charge in [0, 0.05) is 24.9 Å². The number of benzene rings is 1. The molecule has 1 atom stereocenters. The van der Waals surface area contributed by atoms with Crippen LogP contribution in [0.2, 0.25) is 0 Å². The van der Waals surface area contributed by atoms with E-state index in [1.165, 1.54) is 12.1 Å². The number of hydrogen-bond donors (Lipinski definition) is 3. The first-order valence-corrected chi connectivity index (χ1v) is 9.52. The number of aromatic nitrogens is 1. The van der Waals surface area contributed by atoms with Crippen LogP contribution in [0.3, 0.4) is 0 Å². The van der Waals surface area contributed by atoms with Crippen LogP contribution in [-0.2, 0) is 6.42 Å². The molecule has 1 aromatic carbocycles. The van der Waals surface area contributed by atoms with Crippen LogP contribution in [0.5, 0.6) is 5.75 Å². The van der Waals surface area contributed by atoms with Crippen LogP contribution in [0.1, 0.15) is 29.3 Å². The normalized spacial score (nSPS) is 12.9. The lowest BCUT2D eigenvalue weighted by Crippen LogP contribution is -2.38. The van der Waals surface area contributed by atoms with Crippen molar-refractivity contribution in [3.8, 4) is 5.75 Å². The number of aliphatic imine (C=N–C) groups is 1. The fourth-order valence-electron chi connectivity index (χ4n) is 2.33. The first-order valence-electron chi connectivity index (χ1n) is 8.64. The number of ether oxygens (including phenoxy) is 1. The van der Waals surface area contributed by atoms with E-state index in [1.54, 1.807) is 23.5 Å². The Morgan fingerprint density at radius 3 is 2.63 bits per heavy atom. The lowest BCUT2D eigenvalue weighted by molar-refractivity contribution is -0.0498. The summed E-state index contributed by atoms with van der Waals surface area (Å²) in [6, 6.07) is 5.88. The highest BCUT2D eigenvalue weighted by Gasteiger charge is 2.09. The van der Waals surface area contributed by atoms with Crippen LogP contribution < -0.4 is 15.4 Å². The Morgan fingerprint density at radius 2 is 2.04 bits per heavy atom. The van der Waals surface area contributed by atoms with Crippen molar-refractivity contribution >= 4 is 17.3 Å². The van der Waals surface area contributed by atoms with Gasteiger partial charge in [0.25, 0.3) is 0 Å². The van der Waals surface area contributed by atoms with E-state index >= 15 is 0 Å². The Morgan fingerprint density at radius 1 is 1.30 bits per heavy atom. The zero-order valence-electron chi connectivity index (χ0n) is 15.3. The Hall–Kier alpha value is -2.26. The van der Waals surface area contributed by atoms with Crippen LogP contribution >= 0.6 is 11.3 Å². The average Bonchev–Trinajstić information content (AvgIpc) is 3.04. The van der Waals surface area contributed by atoms with Gasteiger partial charge in [-0.2, -0.15) is 8.78 Å². The van der Waals surface area contributed by atoms with Crippen molar-refractivity contribution in [2.75, 3.05) is 19.6 Å². The van der Waals surface area contributed by atoms with E-state index in [2.05, 4.69) is 25.3 Å². The lowest BCUT2D eigenvalue weighted by Gasteiger charge is -2.13. The predicted molar refractivity (Wildman–Crippen MR) is 103 cm³/mol. The lowest BCUT2D eigenvalue weighted by atomic mass is 10.1. The number of hydrogen-bond acceptors (Lipinski definition) is 5. The zero-order valence-corrected chi connectivity index (χ0v) is 16.1. The maximum absolute atomic E-state index is 12.2. The molecule has 27 heavy (non-hydrogen) atoms. The van der Waals surface area contributed by atoms with Crippen LogP contribution in [0.25, 0.3) is 0 Å². The molecule has 2 rings (SSSR count). The molecule has 0 aliphatic rings. The van der Waals surface area contributed by atoms with E-state index in [-0.39, 0.29) is 12.3 Å². The number of nitrogens with one attached hydrogen (secondary N) is 2. The van der Waals surface area contributed by atoms with Gasteiger partial charge >= 0.3 is 6.61 Å². The third kappa shape index (κ3) is 7.48. The minimum atomic E-state index is -2.87. The Balaban J connectivity index is 1.86. The first kappa shape index (κ1) is 21.0. The van der Waals surface area contributed by atoms with Crippen molar-refractivity contribution in [3.05, 3.63) is 45.9 Å². The van der Waals surface area contributed by atoms with Gasteiger partial charge in [0.2, 0.25) is 0 Å². The van der Waals surface area contributed by atoms with E-state index in [9.17, 15) is 13.9 Å². The topological polar surface area (TPSA) is 78.8 Å². The minimum Gasteiger partial charge on any atom is -0.435 e. The molecule has 9 heteroatoms. The third-order valence-corrected chi connectivity index (χ3v) is 4.42. The van der Waals surface area contributed by atoms with Gasteiger partial charge in [0.1, 0.15) is 5.75 Å². The van der Waals surface area contributed by atoms with Gasteiger partial charge < -0.3 is 20.5 Å². The largest absolute Gasteiger partial charge is 0.435 e. The average molecular weight is 398 g/mol. The van der Waals surface area contributed by atoms with Crippen molar-refractivity contribution in [3.63, 3.8) is 0 Å². The molecule has 1 aromatic heterocycles. The van der Waals surface area contributed by atoms with Gasteiger partial charge in [0.05, 0.1) is 23.4 Å². The summed E-state index contributed by atoms with van der Waals surface area (Å²) >= 11 is 1.62. The number of nitrogens with zero attached hydrogens (tertiary/aromatic N) is 2. The van der Waals surface area contributed by atoms with Crippen LogP contribution in [0.4, 0.5) is 8.78 Å². The molecule has 0 spiro atoms. The summed E-state index contributed by atoms with van der Waals surface area (Å²) in [5, 5.41) is 19.7. The Bertz CT molecular complexity index is 722. The molecule has 0 aliphatic carbocycles. The molecular formula is C18H24F2N4O2S. The predicted octanol–water partition coefficient (Wildman–Crippen LogP) is 2.88.